The molecule has 1 N–H and O–H groups in total. The minimum absolute atomic E-state index is 0.110. The van der Waals surface area contributed by atoms with Crippen LogP contribution in [0.1, 0.15) is 5.82 Å². The molecule has 0 saturated heterocycles. The van der Waals surface area contributed by atoms with E-state index in [1.165, 1.54) is 13.1 Å². The predicted molar refractivity (Wildman–Crippen MR) is 63.9 cm³/mol. The third kappa shape index (κ3) is 3.16. The van der Waals surface area contributed by atoms with Crippen molar-refractivity contribution < 1.29 is 13.2 Å². The van der Waals surface area contributed by atoms with Crippen molar-refractivity contribution in [1.29, 1.82) is 0 Å². The lowest BCUT2D eigenvalue weighted by atomic mass is 10.5. The minimum atomic E-state index is -4.58. The summed E-state index contributed by atoms with van der Waals surface area (Å²) >= 11 is 1.04. The molecule has 0 bridgehead atoms. The van der Waals surface area contributed by atoms with E-state index in [0.29, 0.717) is 5.16 Å². The number of imidazole rings is 1. The molecule has 5 nitrogen and oxygen atoms in total. The summed E-state index contributed by atoms with van der Waals surface area (Å²) in [7, 11) is 3.25. The topological polar surface area (TPSA) is 55.6 Å². The molecule has 0 saturated carbocycles. The van der Waals surface area contributed by atoms with Gasteiger partial charge >= 0.3 is 6.18 Å². The smallest absolute Gasteiger partial charge is 0.373 e. The number of anilines is 1. The highest BCUT2D eigenvalue weighted by Crippen LogP contribution is 2.31. The number of hydrogen-bond acceptors (Lipinski definition) is 5. The summed E-state index contributed by atoms with van der Waals surface area (Å²) in [6, 6.07) is 1.44. The normalized spacial score (nSPS) is 11.6. The summed E-state index contributed by atoms with van der Waals surface area (Å²) in [5, 5.41) is 3.31. The van der Waals surface area contributed by atoms with Gasteiger partial charge in [0.1, 0.15) is 10.8 Å². The number of nitrogens with zero attached hydrogens (tertiary/aromatic N) is 4. The van der Waals surface area contributed by atoms with Gasteiger partial charge in [-0.1, -0.05) is 0 Å². The van der Waals surface area contributed by atoms with Gasteiger partial charge < -0.3 is 9.88 Å². The fourth-order valence-corrected chi connectivity index (χ4v) is 2.08. The molecule has 2 aromatic heterocycles. The Labute approximate surface area is 111 Å². The van der Waals surface area contributed by atoms with Crippen LogP contribution in [-0.2, 0) is 13.2 Å². The molecule has 19 heavy (non-hydrogen) atoms. The Hall–Kier alpha value is -1.77. The molecule has 0 fully saturated rings. The maximum atomic E-state index is 12.7. The van der Waals surface area contributed by atoms with Crippen LogP contribution in [0.2, 0.25) is 0 Å². The molecule has 2 rings (SSSR count). The second-order valence-corrected chi connectivity index (χ2v) is 4.57. The summed E-state index contributed by atoms with van der Waals surface area (Å²) in [5.74, 6) is -1.06. The maximum absolute atomic E-state index is 12.7. The molecule has 2 aromatic rings. The van der Waals surface area contributed by atoms with E-state index in [2.05, 4.69) is 20.3 Å². The van der Waals surface area contributed by atoms with Crippen LogP contribution in [0.3, 0.4) is 0 Å². The molecule has 0 aliphatic heterocycles. The number of alkyl halides is 3. The molecule has 0 aromatic carbocycles. The van der Waals surface area contributed by atoms with Crippen LogP contribution in [0.15, 0.2) is 28.6 Å². The average molecular weight is 289 g/mol. The first-order valence-electron chi connectivity index (χ1n) is 5.19. The second kappa shape index (κ2) is 5.08. The quantitative estimate of drug-likeness (QED) is 0.879. The highest BCUT2D eigenvalue weighted by Gasteiger charge is 2.35. The van der Waals surface area contributed by atoms with E-state index < -0.39 is 12.0 Å². The minimum Gasteiger partial charge on any atom is -0.373 e. The highest BCUT2D eigenvalue weighted by atomic mass is 32.2. The largest absolute Gasteiger partial charge is 0.451 e. The number of rotatable bonds is 3. The molecule has 0 radical (unpaired) electrons. The van der Waals surface area contributed by atoms with Crippen LogP contribution in [0, 0.1) is 0 Å². The fraction of sp³-hybridized carbons (Fsp3) is 0.300. The van der Waals surface area contributed by atoms with Crippen molar-refractivity contribution in [3.05, 3.63) is 24.3 Å². The zero-order valence-corrected chi connectivity index (χ0v) is 10.9. The van der Waals surface area contributed by atoms with Crippen LogP contribution in [0.25, 0.3) is 0 Å². The number of aromatic nitrogens is 4. The lowest BCUT2D eigenvalue weighted by Crippen LogP contribution is -2.13. The molecule has 0 atom stereocenters. The van der Waals surface area contributed by atoms with Crippen molar-refractivity contribution in [3.63, 3.8) is 0 Å². The van der Waals surface area contributed by atoms with Crippen LogP contribution >= 0.6 is 11.8 Å². The molecular weight excluding hydrogens is 279 g/mol. The highest BCUT2D eigenvalue weighted by molar-refractivity contribution is 7.99. The van der Waals surface area contributed by atoms with Gasteiger partial charge in [0.05, 0.1) is 0 Å². The van der Waals surface area contributed by atoms with E-state index >= 15 is 0 Å². The number of aryl methyl sites for hydroxylation is 1. The first-order valence-corrected chi connectivity index (χ1v) is 6.01. The molecule has 0 amide bonds. The molecule has 0 spiro atoms. The Bertz CT molecular complexity index is 581. The number of nitrogens with one attached hydrogen (secondary N) is 1. The summed E-state index contributed by atoms with van der Waals surface area (Å²) in [6.45, 7) is 0. The average Bonchev–Trinajstić information content (AvgIpc) is 2.73. The van der Waals surface area contributed by atoms with Crippen molar-refractivity contribution in [2.24, 2.45) is 7.05 Å². The van der Waals surface area contributed by atoms with E-state index in [-0.39, 0.29) is 10.8 Å². The molecule has 0 aliphatic rings. The standard InChI is InChI=1S/C10H10F3N5S/c1-14-6-5-7(17-8(16-6)10(11,12)13)19-9-15-3-4-18(9)2/h3-5H,1-2H3,(H,14,16,17). The summed E-state index contributed by atoms with van der Waals surface area (Å²) in [4.78, 5) is 10.9. The van der Waals surface area contributed by atoms with E-state index in [1.807, 2.05) is 0 Å². The lowest BCUT2D eigenvalue weighted by molar-refractivity contribution is -0.145. The van der Waals surface area contributed by atoms with Gasteiger partial charge in [0.25, 0.3) is 0 Å². The van der Waals surface area contributed by atoms with Crippen molar-refractivity contribution >= 4 is 17.6 Å². The van der Waals surface area contributed by atoms with Gasteiger partial charge in [0.2, 0.25) is 5.82 Å². The molecular formula is C10H10F3N5S. The SMILES string of the molecule is CNc1cc(Sc2nccn2C)nc(C(F)(F)F)n1. The lowest BCUT2D eigenvalue weighted by Gasteiger charge is -2.09. The summed E-state index contributed by atoms with van der Waals surface area (Å²) in [5.41, 5.74) is 0. The number of hydrogen-bond donors (Lipinski definition) is 1. The van der Waals surface area contributed by atoms with Crippen LogP contribution in [0.5, 0.6) is 0 Å². The van der Waals surface area contributed by atoms with Crippen molar-refractivity contribution in [2.75, 3.05) is 12.4 Å². The van der Waals surface area contributed by atoms with E-state index in [9.17, 15) is 13.2 Å². The number of halogens is 3. The Morgan fingerprint density at radius 2 is 2.05 bits per heavy atom. The van der Waals surface area contributed by atoms with Gasteiger partial charge in [-0.05, 0) is 11.8 Å². The van der Waals surface area contributed by atoms with E-state index in [4.69, 9.17) is 0 Å². The molecule has 2 heterocycles. The van der Waals surface area contributed by atoms with Gasteiger partial charge in [-0.3, -0.25) is 0 Å². The van der Waals surface area contributed by atoms with Gasteiger partial charge in [-0.15, -0.1) is 0 Å². The predicted octanol–water partition coefficient (Wildman–Crippen LogP) is 2.42. The monoisotopic (exact) mass is 289 g/mol. The zero-order valence-electron chi connectivity index (χ0n) is 10.1. The summed E-state index contributed by atoms with van der Waals surface area (Å²) in [6.07, 6.45) is -1.32. The second-order valence-electron chi connectivity index (χ2n) is 3.59. The van der Waals surface area contributed by atoms with Gasteiger partial charge in [0.15, 0.2) is 5.16 Å². The van der Waals surface area contributed by atoms with E-state index in [0.717, 1.165) is 11.8 Å². The first kappa shape index (κ1) is 13.7. The Morgan fingerprint density at radius 3 is 2.58 bits per heavy atom. The first-order chi connectivity index (χ1) is 8.90. The van der Waals surface area contributed by atoms with Crippen LogP contribution in [0.4, 0.5) is 19.0 Å². The van der Waals surface area contributed by atoms with Crippen molar-refractivity contribution in [1.82, 2.24) is 19.5 Å². The third-order valence-electron chi connectivity index (χ3n) is 2.19. The third-order valence-corrected chi connectivity index (χ3v) is 3.18. The van der Waals surface area contributed by atoms with Crippen LogP contribution < -0.4 is 5.32 Å². The molecule has 102 valence electrons. The van der Waals surface area contributed by atoms with Gasteiger partial charge in [0, 0.05) is 32.6 Å². The fourth-order valence-electron chi connectivity index (χ4n) is 1.28. The Kier molecular flexibility index (Phi) is 3.65. The van der Waals surface area contributed by atoms with Crippen molar-refractivity contribution in [2.45, 2.75) is 16.4 Å². The van der Waals surface area contributed by atoms with Crippen LogP contribution in [-0.4, -0.2) is 26.6 Å². The Balaban J connectivity index is 2.37. The van der Waals surface area contributed by atoms with Gasteiger partial charge in [-0.2, -0.15) is 13.2 Å². The van der Waals surface area contributed by atoms with Gasteiger partial charge in [-0.25, -0.2) is 15.0 Å². The van der Waals surface area contributed by atoms with Crippen molar-refractivity contribution in [3.8, 4) is 0 Å². The summed E-state index contributed by atoms with van der Waals surface area (Å²) < 4.78 is 39.7. The Morgan fingerprint density at radius 1 is 1.32 bits per heavy atom. The molecule has 0 unspecified atom stereocenters. The maximum Gasteiger partial charge on any atom is 0.451 e. The molecule has 0 aliphatic carbocycles. The zero-order chi connectivity index (χ0) is 14.0. The van der Waals surface area contributed by atoms with E-state index in [1.54, 1.807) is 24.0 Å². The molecule has 9 heteroatoms.